The number of halogens is 1. The summed E-state index contributed by atoms with van der Waals surface area (Å²) >= 11 is 6.03. The van der Waals surface area contributed by atoms with E-state index in [0.29, 0.717) is 30.1 Å². The van der Waals surface area contributed by atoms with E-state index in [1.54, 1.807) is 29.6 Å². The molecule has 24 heavy (non-hydrogen) atoms. The van der Waals surface area contributed by atoms with Crippen LogP contribution in [-0.4, -0.2) is 38.4 Å². The lowest BCUT2D eigenvalue weighted by molar-refractivity contribution is 0.0732. The van der Waals surface area contributed by atoms with Gasteiger partial charge in [0.05, 0.1) is 18.0 Å². The van der Waals surface area contributed by atoms with Gasteiger partial charge in [-0.15, -0.1) is 0 Å². The summed E-state index contributed by atoms with van der Waals surface area (Å²) in [6.45, 7) is 0.969. The quantitative estimate of drug-likeness (QED) is 0.748. The van der Waals surface area contributed by atoms with E-state index in [1.807, 2.05) is 34.9 Å². The highest BCUT2D eigenvalue weighted by Gasteiger charge is 2.16. The maximum Gasteiger partial charge on any atom is 0.254 e. The Kier molecular flexibility index (Phi) is 5.13. The molecule has 5 nitrogen and oxygen atoms in total. The van der Waals surface area contributed by atoms with Gasteiger partial charge in [-0.1, -0.05) is 23.7 Å². The summed E-state index contributed by atoms with van der Waals surface area (Å²) in [5, 5.41) is 9.76. The second-order valence-electron chi connectivity index (χ2n) is 5.57. The van der Waals surface area contributed by atoms with Crippen molar-refractivity contribution < 1.29 is 9.90 Å². The molecule has 0 saturated heterocycles. The van der Waals surface area contributed by atoms with E-state index in [2.05, 4.69) is 4.98 Å². The van der Waals surface area contributed by atoms with E-state index in [9.17, 15) is 4.79 Å². The molecular weight excluding hydrogens is 326 g/mol. The topological polar surface area (TPSA) is 57.8 Å². The summed E-state index contributed by atoms with van der Waals surface area (Å²) in [7, 11) is 0. The monoisotopic (exact) mass is 343 g/mol. The number of aliphatic hydroxyl groups is 1. The van der Waals surface area contributed by atoms with Crippen LogP contribution >= 0.6 is 11.6 Å². The van der Waals surface area contributed by atoms with Gasteiger partial charge < -0.3 is 14.4 Å². The molecule has 2 aromatic heterocycles. The lowest BCUT2D eigenvalue weighted by Gasteiger charge is -2.23. The molecule has 0 aliphatic carbocycles. The summed E-state index contributed by atoms with van der Waals surface area (Å²) < 4.78 is 1.85. The van der Waals surface area contributed by atoms with E-state index < -0.39 is 0 Å². The average molecular weight is 344 g/mol. The Hall–Kier alpha value is -2.37. The first kappa shape index (κ1) is 16.5. The molecule has 3 rings (SSSR count). The smallest absolute Gasteiger partial charge is 0.254 e. The third-order valence-corrected chi connectivity index (χ3v) is 4.03. The molecule has 1 amide bonds. The van der Waals surface area contributed by atoms with Gasteiger partial charge in [-0.25, -0.2) is 4.98 Å². The van der Waals surface area contributed by atoms with Gasteiger partial charge in [0.1, 0.15) is 0 Å². The summed E-state index contributed by atoms with van der Waals surface area (Å²) in [6.07, 6.45) is 5.76. The van der Waals surface area contributed by atoms with E-state index in [-0.39, 0.29) is 12.5 Å². The molecule has 0 saturated carbocycles. The maximum absolute atomic E-state index is 12.9. The summed E-state index contributed by atoms with van der Waals surface area (Å²) in [6, 6.07) is 11.1. The number of benzene rings is 1. The highest BCUT2D eigenvalue weighted by molar-refractivity contribution is 6.30. The molecular formula is C18H18ClN3O2. The molecule has 2 heterocycles. The van der Waals surface area contributed by atoms with E-state index in [1.165, 1.54) is 0 Å². The fourth-order valence-electron chi connectivity index (χ4n) is 2.60. The average Bonchev–Trinajstić information content (AvgIpc) is 3.05. The number of aliphatic hydroxyl groups excluding tert-OH is 1. The number of carbonyl (C=O) groups is 1. The number of rotatable bonds is 6. The van der Waals surface area contributed by atoms with E-state index in [4.69, 9.17) is 16.7 Å². The van der Waals surface area contributed by atoms with Gasteiger partial charge in [-0.2, -0.15) is 0 Å². The van der Waals surface area contributed by atoms with Crippen LogP contribution < -0.4 is 0 Å². The second kappa shape index (κ2) is 7.47. The number of hydrogen-bond donors (Lipinski definition) is 1. The van der Waals surface area contributed by atoms with Gasteiger partial charge in [-0.05, 0) is 36.2 Å². The largest absolute Gasteiger partial charge is 0.396 e. The van der Waals surface area contributed by atoms with Crippen LogP contribution in [0, 0.1) is 0 Å². The molecule has 0 aliphatic heterocycles. The number of nitrogens with zero attached hydrogens (tertiary/aromatic N) is 3. The summed E-state index contributed by atoms with van der Waals surface area (Å²) in [4.78, 5) is 18.7. The first-order chi connectivity index (χ1) is 11.7. The van der Waals surface area contributed by atoms with Crippen LogP contribution in [0.1, 0.15) is 22.3 Å². The standard InChI is InChI=1S/C18H18ClN3O2/c19-16-4-1-3-14(9-16)12-21(6-2-8-23)18(24)15-5-7-22-13-20-11-17(22)10-15/h1,3-5,7,9-11,13,23H,2,6,8,12H2. The minimum Gasteiger partial charge on any atom is -0.396 e. The van der Waals surface area contributed by atoms with Crippen LogP contribution in [0.2, 0.25) is 5.02 Å². The van der Waals surface area contributed by atoms with E-state index in [0.717, 1.165) is 11.1 Å². The fraction of sp³-hybridized carbons (Fsp3) is 0.222. The lowest BCUT2D eigenvalue weighted by Crippen LogP contribution is -2.32. The minimum atomic E-state index is -0.0767. The number of hydrogen-bond acceptors (Lipinski definition) is 3. The Morgan fingerprint density at radius 2 is 2.17 bits per heavy atom. The van der Waals surface area contributed by atoms with Crippen molar-refractivity contribution in [1.29, 1.82) is 0 Å². The zero-order valence-electron chi connectivity index (χ0n) is 13.1. The molecule has 0 radical (unpaired) electrons. The van der Waals surface area contributed by atoms with Crippen molar-refractivity contribution in [3.8, 4) is 0 Å². The van der Waals surface area contributed by atoms with Crippen LogP contribution in [0.4, 0.5) is 0 Å². The van der Waals surface area contributed by atoms with Crippen LogP contribution in [0.3, 0.4) is 0 Å². The first-order valence-corrected chi connectivity index (χ1v) is 8.11. The molecule has 1 aromatic carbocycles. The second-order valence-corrected chi connectivity index (χ2v) is 6.01. The van der Waals surface area contributed by atoms with Crippen molar-refractivity contribution in [1.82, 2.24) is 14.3 Å². The predicted molar refractivity (Wildman–Crippen MR) is 93.1 cm³/mol. The first-order valence-electron chi connectivity index (χ1n) is 7.73. The normalized spacial score (nSPS) is 10.9. The molecule has 6 heteroatoms. The van der Waals surface area contributed by atoms with Crippen LogP contribution in [0.5, 0.6) is 0 Å². The Morgan fingerprint density at radius 1 is 1.29 bits per heavy atom. The predicted octanol–water partition coefficient (Wildman–Crippen LogP) is 3.01. The van der Waals surface area contributed by atoms with Crippen molar-refractivity contribution in [2.24, 2.45) is 0 Å². The van der Waals surface area contributed by atoms with Crippen molar-refractivity contribution >= 4 is 23.0 Å². The molecule has 124 valence electrons. The van der Waals surface area contributed by atoms with Crippen molar-refractivity contribution in [2.75, 3.05) is 13.2 Å². The van der Waals surface area contributed by atoms with Gasteiger partial charge in [-0.3, -0.25) is 4.79 Å². The highest BCUT2D eigenvalue weighted by Crippen LogP contribution is 2.16. The molecule has 0 bridgehead atoms. The van der Waals surface area contributed by atoms with Crippen LogP contribution in [0.15, 0.2) is 55.1 Å². The molecule has 0 spiro atoms. The van der Waals surface area contributed by atoms with Gasteiger partial charge in [0.15, 0.2) is 0 Å². The van der Waals surface area contributed by atoms with Crippen LogP contribution in [-0.2, 0) is 6.54 Å². The Bertz CT molecular complexity index is 847. The zero-order valence-corrected chi connectivity index (χ0v) is 13.9. The molecule has 3 aromatic rings. The Morgan fingerprint density at radius 3 is 2.96 bits per heavy atom. The third kappa shape index (κ3) is 3.75. The number of imidazole rings is 1. The number of pyridine rings is 1. The van der Waals surface area contributed by atoms with Crippen molar-refractivity contribution in [3.05, 3.63) is 71.3 Å². The van der Waals surface area contributed by atoms with Crippen molar-refractivity contribution in [2.45, 2.75) is 13.0 Å². The van der Waals surface area contributed by atoms with Gasteiger partial charge in [0.25, 0.3) is 5.91 Å². The molecule has 0 atom stereocenters. The summed E-state index contributed by atoms with van der Waals surface area (Å²) in [5.41, 5.74) is 2.42. The highest BCUT2D eigenvalue weighted by atomic mass is 35.5. The molecule has 0 fully saturated rings. The number of fused-ring (bicyclic) bond motifs is 1. The molecule has 0 aliphatic rings. The van der Waals surface area contributed by atoms with E-state index >= 15 is 0 Å². The zero-order chi connectivity index (χ0) is 16.9. The van der Waals surface area contributed by atoms with Gasteiger partial charge in [0, 0.05) is 36.5 Å². The number of aromatic nitrogens is 2. The lowest BCUT2D eigenvalue weighted by atomic mass is 10.1. The van der Waals surface area contributed by atoms with Gasteiger partial charge in [0.2, 0.25) is 0 Å². The summed E-state index contributed by atoms with van der Waals surface area (Å²) in [5.74, 6) is -0.0767. The molecule has 1 N–H and O–H groups in total. The maximum atomic E-state index is 12.9. The molecule has 0 unspecified atom stereocenters. The minimum absolute atomic E-state index is 0.0426. The Balaban J connectivity index is 1.84. The number of carbonyl (C=O) groups excluding carboxylic acids is 1. The van der Waals surface area contributed by atoms with Crippen LogP contribution in [0.25, 0.3) is 5.52 Å². The third-order valence-electron chi connectivity index (χ3n) is 3.80. The number of amides is 1. The Labute approximate surface area is 145 Å². The SMILES string of the molecule is O=C(c1ccn2cncc2c1)N(CCCO)Cc1cccc(Cl)c1. The van der Waals surface area contributed by atoms with Gasteiger partial charge >= 0.3 is 0 Å². The fourth-order valence-corrected chi connectivity index (χ4v) is 2.82. The van der Waals surface area contributed by atoms with Crippen molar-refractivity contribution in [3.63, 3.8) is 0 Å².